The Morgan fingerprint density at radius 2 is 1.76 bits per heavy atom. The van der Waals surface area contributed by atoms with Gasteiger partial charge in [-0.2, -0.15) is 5.10 Å². The molecule has 0 unspecified atom stereocenters. The fourth-order valence-electron chi connectivity index (χ4n) is 4.71. The van der Waals surface area contributed by atoms with Crippen molar-refractivity contribution in [2.45, 2.75) is 6.61 Å². The lowest BCUT2D eigenvalue weighted by Crippen LogP contribution is -2.43. The molecule has 0 spiro atoms. The lowest BCUT2D eigenvalue weighted by Gasteiger charge is -2.29. The summed E-state index contributed by atoms with van der Waals surface area (Å²) in [4.78, 5) is 11.7. The molecule has 0 bridgehead atoms. The number of fused-ring (bicyclic) bond motifs is 2. The minimum Gasteiger partial charge on any atom is -0.378 e. The summed E-state index contributed by atoms with van der Waals surface area (Å²) in [6.45, 7) is 4.52. The summed E-state index contributed by atoms with van der Waals surface area (Å²) in [5.74, 6) is 0. The first-order valence-electron chi connectivity index (χ1n) is 11.6. The number of hydrogen-bond acceptors (Lipinski definition) is 6. The zero-order chi connectivity index (χ0) is 22.9. The van der Waals surface area contributed by atoms with E-state index in [1.165, 1.54) is 5.69 Å². The Labute approximate surface area is 198 Å². The SMILES string of the molecule is COCc1nn2c(-c3cccc4cccnc34)cnc2cc1-c1ccc(N2CCNCC2)cc1. The van der Waals surface area contributed by atoms with Gasteiger partial charge in [0, 0.05) is 61.7 Å². The Morgan fingerprint density at radius 1 is 0.941 bits per heavy atom. The second kappa shape index (κ2) is 8.85. The van der Waals surface area contributed by atoms with Gasteiger partial charge in [-0.25, -0.2) is 9.50 Å². The molecule has 5 aromatic rings. The fourth-order valence-corrected chi connectivity index (χ4v) is 4.71. The summed E-state index contributed by atoms with van der Waals surface area (Å²) >= 11 is 0. The molecule has 0 radical (unpaired) electrons. The molecular formula is C27H26N6O. The van der Waals surface area contributed by atoms with E-state index in [4.69, 9.17) is 14.8 Å². The number of piperazine rings is 1. The van der Waals surface area contributed by atoms with E-state index < -0.39 is 0 Å². The number of para-hydroxylation sites is 1. The van der Waals surface area contributed by atoms with E-state index in [-0.39, 0.29) is 0 Å². The van der Waals surface area contributed by atoms with E-state index in [1.54, 1.807) is 7.11 Å². The van der Waals surface area contributed by atoms with Gasteiger partial charge in [0.25, 0.3) is 0 Å². The van der Waals surface area contributed by atoms with Gasteiger partial charge in [0.05, 0.1) is 29.7 Å². The number of imidazole rings is 1. The van der Waals surface area contributed by atoms with Gasteiger partial charge in [-0.1, -0.05) is 36.4 Å². The number of rotatable bonds is 5. The highest BCUT2D eigenvalue weighted by Gasteiger charge is 2.16. The number of methoxy groups -OCH3 is 1. The third kappa shape index (κ3) is 3.69. The molecule has 7 heteroatoms. The lowest BCUT2D eigenvalue weighted by molar-refractivity contribution is 0.181. The third-order valence-corrected chi connectivity index (χ3v) is 6.42. The Morgan fingerprint density at radius 3 is 2.59 bits per heavy atom. The zero-order valence-corrected chi connectivity index (χ0v) is 19.1. The molecule has 6 rings (SSSR count). The molecule has 4 heterocycles. The van der Waals surface area contributed by atoms with Crippen molar-refractivity contribution in [3.05, 3.63) is 78.8 Å². The van der Waals surface area contributed by atoms with Gasteiger partial charge in [0.2, 0.25) is 0 Å². The number of aromatic nitrogens is 4. The van der Waals surface area contributed by atoms with E-state index in [1.807, 2.05) is 29.0 Å². The van der Waals surface area contributed by atoms with Crippen LogP contribution >= 0.6 is 0 Å². The van der Waals surface area contributed by atoms with E-state index in [2.05, 4.69) is 63.7 Å². The van der Waals surface area contributed by atoms with Crippen molar-refractivity contribution in [1.29, 1.82) is 0 Å². The molecule has 1 aliphatic rings. The second-order valence-electron chi connectivity index (χ2n) is 8.52. The molecule has 0 atom stereocenters. The molecule has 1 fully saturated rings. The van der Waals surface area contributed by atoms with Crippen LogP contribution in [-0.2, 0) is 11.3 Å². The summed E-state index contributed by atoms with van der Waals surface area (Å²) in [6.07, 6.45) is 3.70. The maximum atomic E-state index is 5.53. The molecular weight excluding hydrogens is 424 g/mol. The zero-order valence-electron chi connectivity index (χ0n) is 19.1. The minimum absolute atomic E-state index is 0.413. The third-order valence-electron chi connectivity index (χ3n) is 6.42. The van der Waals surface area contributed by atoms with Gasteiger partial charge in [-0.3, -0.25) is 4.98 Å². The van der Waals surface area contributed by atoms with Crippen LogP contribution in [0, 0.1) is 0 Å². The van der Waals surface area contributed by atoms with Crippen LogP contribution < -0.4 is 10.2 Å². The van der Waals surface area contributed by atoms with Crippen molar-refractivity contribution < 1.29 is 4.74 Å². The van der Waals surface area contributed by atoms with Crippen molar-refractivity contribution in [2.24, 2.45) is 0 Å². The molecule has 1 N–H and O–H groups in total. The van der Waals surface area contributed by atoms with Gasteiger partial charge in [-0.15, -0.1) is 0 Å². The average molecular weight is 451 g/mol. The van der Waals surface area contributed by atoms with Crippen LogP contribution in [0.1, 0.15) is 5.69 Å². The number of pyridine rings is 1. The smallest absolute Gasteiger partial charge is 0.154 e. The van der Waals surface area contributed by atoms with Crippen LogP contribution in [0.2, 0.25) is 0 Å². The van der Waals surface area contributed by atoms with Crippen LogP contribution in [0.15, 0.2) is 73.1 Å². The molecule has 2 aromatic carbocycles. The fraction of sp³-hybridized carbons (Fsp3) is 0.222. The monoisotopic (exact) mass is 450 g/mol. The van der Waals surface area contributed by atoms with Crippen LogP contribution in [0.25, 0.3) is 38.9 Å². The van der Waals surface area contributed by atoms with E-state index >= 15 is 0 Å². The number of ether oxygens (including phenoxy) is 1. The quantitative estimate of drug-likeness (QED) is 0.434. The average Bonchev–Trinajstić information content (AvgIpc) is 3.31. The molecule has 1 aliphatic heterocycles. The molecule has 1 saturated heterocycles. The van der Waals surface area contributed by atoms with Crippen LogP contribution in [-0.4, -0.2) is 52.9 Å². The Balaban J connectivity index is 1.43. The van der Waals surface area contributed by atoms with Gasteiger partial charge in [-0.05, 0) is 29.8 Å². The maximum Gasteiger partial charge on any atom is 0.154 e. The first-order chi connectivity index (χ1) is 16.8. The molecule has 0 saturated carbocycles. The van der Waals surface area contributed by atoms with E-state index in [9.17, 15) is 0 Å². The van der Waals surface area contributed by atoms with Crippen molar-refractivity contribution in [3.8, 4) is 22.4 Å². The largest absolute Gasteiger partial charge is 0.378 e. The Hall–Kier alpha value is -3.81. The van der Waals surface area contributed by atoms with Crippen molar-refractivity contribution in [3.63, 3.8) is 0 Å². The van der Waals surface area contributed by atoms with Gasteiger partial charge in [0.1, 0.15) is 0 Å². The summed E-state index contributed by atoms with van der Waals surface area (Å²) < 4.78 is 7.43. The summed E-state index contributed by atoms with van der Waals surface area (Å²) in [6, 6.07) is 21.0. The number of nitrogens with one attached hydrogen (secondary N) is 1. The maximum absolute atomic E-state index is 5.53. The standard InChI is InChI=1S/C27H26N6O/c1-34-18-24-23(19-7-9-21(10-8-19)32-14-12-28-13-15-32)16-26-30-17-25(33(26)31-24)22-6-2-4-20-5-3-11-29-27(20)22/h2-11,16-17,28H,12-15,18H2,1H3. The number of benzene rings is 2. The predicted molar refractivity (Wildman–Crippen MR) is 135 cm³/mol. The number of nitrogens with zero attached hydrogens (tertiary/aromatic N) is 5. The van der Waals surface area contributed by atoms with E-state index in [0.717, 1.165) is 70.8 Å². The van der Waals surface area contributed by atoms with Crippen molar-refractivity contribution in [2.75, 3.05) is 38.2 Å². The molecule has 34 heavy (non-hydrogen) atoms. The van der Waals surface area contributed by atoms with Crippen molar-refractivity contribution >= 4 is 22.2 Å². The van der Waals surface area contributed by atoms with Crippen LogP contribution in [0.3, 0.4) is 0 Å². The highest BCUT2D eigenvalue weighted by molar-refractivity contribution is 5.93. The van der Waals surface area contributed by atoms with Crippen LogP contribution in [0.5, 0.6) is 0 Å². The predicted octanol–water partition coefficient (Wildman–Crippen LogP) is 4.17. The van der Waals surface area contributed by atoms with E-state index in [0.29, 0.717) is 6.61 Å². The molecule has 7 nitrogen and oxygen atoms in total. The van der Waals surface area contributed by atoms with Gasteiger partial charge < -0.3 is 15.0 Å². The van der Waals surface area contributed by atoms with Crippen molar-refractivity contribution in [1.82, 2.24) is 24.9 Å². The second-order valence-corrected chi connectivity index (χ2v) is 8.52. The lowest BCUT2D eigenvalue weighted by atomic mass is 10.0. The molecule has 3 aromatic heterocycles. The number of hydrogen-bond donors (Lipinski definition) is 1. The Kier molecular flexibility index (Phi) is 5.41. The summed E-state index contributed by atoms with van der Waals surface area (Å²) in [7, 11) is 1.70. The van der Waals surface area contributed by atoms with Crippen LogP contribution in [0.4, 0.5) is 5.69 Å². The Bertz CT molecular complexity index is 1450. The highest BCUT2D eigenvalue weighted by atomic mass is 16.5. The summed E-state index contributed by atoms with van der Waals surface area (Å²) in [5, 5.41) is 9.48. The first kappa shape index (κ1) is 20.8. The van der Waals surface area contributed by atoms with Gasteiger partial charge in [0.15, 0.2) is 5.65 Å². The first-order valence-corrected chi connectivity index (χ1v) is 11.6. The summed E-state index contributed by atoms with van der Waals surface area (Å²) in [5.41, 5.74) is 7.92. The highest BCUT2D eigenvalue weighted by Crippen LogP contribution is 2.31. The molecule has 170 valence electrons. The normalized spacial score (nSPS) is 14.2. The topological polar surface area (TPSA) is 67.6 Å². The van der Waals surface area contributed by atoms with Gasteiger partial charge >= 0.3 is 0 Å². The molecule has 0 amide bonds. The molecule has 0 aliphatic carbocycles. The number of anilines is 1. The minimum atomic E-state index is 0.413.